The van der Waals surface area contributed by atoms with E-state index in [0.717, 1.165) is 11.7 Å². The van der Waals surface area contributed by atoms with Crippen molar-refractivity contribution in [2.45, 2.75) is 0 Å². The van der Waals surface area contributed by atoms with Gasteiger partial charge in [0.05, 0.1) is 96.8 Å². The molecule has 17 heteroatoms. The van der Waals surface area contributed by atoms with Crippen molar-refractivity contribution in [1.29, 1.82) is 15.8 Å². The zero-order chi connectivity index (χ0) is 31.0. The molecule has 0 saturated heterocycles. The Morgan fingerprint density at radius 1 is 0.659 bits per heavy atom. The molecule has 1 heterocycles. The smallest absolute Gasteiger partial charge is 0.221 e. The normalized spacial score (nSPS) is 9.22. The SMILES string of the molecule is [C-]#[N+]c1c(Br)c(N)c(N)c(Br)c1C#N.[C-]#[N+]c1c(C#N)c(Br)c2nsnc2c1Br.[C-]#[N+]c1cc(N)c(N)cc1C#N. The van der Waals surface area contributed by atoms with Crippen LogP contribution in [0.15, 0.2) is 30.0 Å². The lowest BCUT2D eigenvalue weighted by molar-refractivity contribution is 1.46. The Balaban J connectivity index is 0.000000217. The lowest BCUT2D eigenvalue weighted by atomic mass is 10.1. The Kier molecular flexibility index (Phi) is 11.4. The maximum absolute atomic E-state index is 8.96. The fourth-order valence-electron chi connectivity index (χ4n) is 2.85. The third-order valence-electron chi connectivity index (χ3n) is 4.89. The van der Waals surface area contributed by atoms with Crippen LogP contribution in [-0.2, 0) is 0 Å². The molecule has 0 aliphatic carbocycles. The summed E-state index contributed by atoms with van der Waals surface area (Å²) in [5, 5.41) is 26.4. The molecule has 12 nitrogen and oxygen atoms in total. The highest BCUT2D eigenvalue weighted by atomic mass is 79.9. The average molecular weight is 818 g/mol. The van der Waals surface area contributed by atoms with Crippen LogP contribution in [-0.4, -0.2) is 8.75 Å². The number of fused-ring (bicyclic) bond motifs is 1. The molecule has 0 atom stereocenters. The predicted octanol–water partition coefficient (Wildman–Crippen LogP) is 7.71. The van der Waals surface area contributed by atoms with E-state index >= 15 is 0 Å². The van der Waals surface area contributed by atoms with E-state index in [9.17, 15) is 0 Å². The summed E-state index contributed by atoms with van der Waals surface area (Å²) in [6.07, 6.45) is 0. The molecule has 4 aromatic rings. The van der Waals surface area contributed by atoms with E-state index in [1.165, 1.54) is 12.1 Å². The highest BCUT2D eigenvalue weighted by Crippen LogP contribution is 2.44. The first-order chi connectivity index (χ1) is 19.4. The van der Waals surface area contributed by atoms with Gasteiger partial charge in [0.1, 0.15) is 11.0 Å². The zero-order valence-electron chi connectivity index (χ0n) is 20.0. The number of nitrogens with two attached hydrogens (primary N) is 4. The van der Waals surface area contributed by atoms with Gasteiger partial charge in [-0.3, -0.25) is 0 Å². The van der Waals surface area contributed by atoms with E-state index < -0.39 is 0 Å². The largest absolute Gasteiger partial charge is 0.398 e. The number of nitrogens with zero attached hydrogens (tertiary/aromatic N) is 8. The standard InChI is InChI=1S/C8Br2N4S.C8H4Br2N4.C8H6N4/c1-12-6-3(2-11)4(9)7-8(5(6)10)14-15-13-7;1-14-8-3(2-11)4(9)6(12)7(13)5(8)10;1-12-8-3-7(11)6(10)2-5(8)4-9/h;12-13H2;2-3H,10-11H2. The first-order valence-electron chi connectivity index (χ1n) is 10.1. The summed E-state index contributed by atoms with van der Waals surface area (Å²) in [5.41, 5.74) is 26.0. The first kappa shape index (κ1) is 32.8. The first-order valence-corrected chi connectivity index (χ1v) is 14.0. The number of aromatic nitrogens is 2. The number of hydrogen-bond donors (Lipinski definition) is 4. The minimum absolute atomic E-state index is 0.172. The summed E-state index contributed by atoms with van der Waals surface area (Å²) in [7, 11) is 0. The van der Waals surface area contributed by atoms with Gasteiger partial charge in [-0.15, -0.1) is 0 Å². The van der Waals surface area contributed by atoms with Crippen LogP contribution in [0.2, 0.25) is 0 Å². The molecule has 1 aromatic heterocycles. The van der Waals surface area contributed by atoms with Crippen molar-refractivity contribution in [2.24, 2.45) is 0 Å². The van der Waals surface area contributed by atoms with Crippen molar-refractivity contribution in [3.05, 3.63) is 81.0 Å². The van der Waals surface area contributed by atoms with E-state index in [-0.39, 0.29) is 45.1 Å². The second kappa shape index (κ2) is 14.3. The Morgan fingerprint density at radius 2 is 1.12 bits per heavy atom. The Labute approximate surface area is 271 Å². The number of halogens is 4. The molecule has 0 amide bonds. The number of hydrogen-bond acceptors (Lipinski definition) is 10. The highest BCUT2D eigenvalue weighted by Gasteiger charge is 2.20. The van der Waals surface area contributed by atoms with E-state index in [1.54, 1.807) is 0 Å². The minimum atomic E-state index is 0.172. The third kappa shape index (κ3) is 6.65. The minimum Gasteiger partial charge on any atom is -0.398 e. The van der Waals surface area contributed by atoms with E-state index in [1.807, 2.05) is 18.2 Å². The second-order valence-electron chi connectivity index (χ2n) is 7.16. The summed E-state index contributed by atoms with van der Waals surface area (Å²) in [4.78, 5) is 9.67. The number of nitriles is 3. The van der Waals surface area contributed by atoms with Crippen LogP contribution in [0, 0.1) is 53.7 Å². The molecule has 4 rings (SSSR count). The van der Waals surface area contributed by atoms with Crippen molar-refractivity contribution in [1.82, 2.24) is 8.75 Å². The lowest BCUT2D eigenvalue weighted by Crippen LogP contribution is -1.99. The van der Waals surface area contributed by atoms with E-state index in [2.05, 4.69) is 87.0 Å². The second-order valence-corrected chi connectivity index (χ2v) is 10.9. The van der Waals surface area contributed by atoms with Crippen molar-refractivity contribution >= 4 is 126 Å². The molecule has 0 fully saturated rings. The van der Waals surface area contributed by atoms with Crippen LogP contribution < -0.4 is 22.9 Å². The molecule has 0 radical (unpaired) electrons. The molecule has 8 N–H and O–H groups in total. The number of anilines is 4. The number of benzene rings is 3. The molecule has 41 heavy (non-hydrogen) atoms. The van der Waals surface area contributed by atoms with Gasteiger partial charge in [0.25, 0.3) is 0 Å². The Morgan fingerprint density at radius 3 is 1.61 bits per heavy atom. The van der Waals surface area contributed by atoms with Crippen LogP contribution in [0.1, 0.15) is 16.7 Å². The molecule has 3 aromatic carbocycles. The van der Waals surface area contributed by atoms with Crippen LogP contribution >= 0.6 is 75.4 Å². The van der Waals surface area contributed by atoms with Gasteiger partial charge in [-0.05, 0) is 44.0 Å². The van der Waals surface area contributed by atoms with Gasteiger partial charge in [0, 0.05) is 10.2 Å². The van der Waals surface area contributed by atoms with Crippen LogP contribution in [0.4, 0.5) is 39.8 Å². The molecule has 0 bridgehead atoms. The third-order valence-corrected chi connectivity index (χ3v) is 8.56. The van der Waals surface area contributed by atoms with E-state index in [4.69, 9.17) is 58.4 Å². The number of nitrogen functional groups attached to an aromatic ring is 4. The van der Waals surface area contributed by atoms with Gasteiger partial charge < -0.3 is 22.9 Å². The van der Waals surface area contributed by atoms with E-state index in [0.29, 0.717) is 40.3 Å². The van der Waals surface area contributed by atoms with Crippen molar-refractivity contribution < 1.29 is 0 Å². The fraction of sp³-hybridized carbons (Fsp3) is 0. The predicted molar refractivity (Wildman–Crippen MR) is 172 cm³/mol. The molecular formula is C24H10Br4N12S. The molecular weight excluding hydrogens is 808 g/mol. The van der Waals surface area contributed by atoms with Crippen molar-refractivity contribution in [3.8, 4) is 18.2 Å². The summed E-state index contributed by atoms with van der Waals surface area (Å²) in [6, 6.07) is 8.56. The van der Waals surface area contributed by atoms with Crippen LogP contribution in [0.5, 0.6) is 0 Å². The van der Waals surface area contributed by atoms with Gasteiger partial charge in [-0.25, -0.2) is 14.5 Å². The van der Waals surface area contributed by atoms with Crippen molar-refractivity contribution in [3.63, 3.8) is 0 Å². The van der Waals surface area contributed by atoms with Crippen molar-refractivity contribution in [2.75, 3.05) is 22.9 Å². The molecule has 0 saturated carbocycles. The summed E-state index contributed by atoms with van der Waals surface area (Å²) in [5.74, 6) is 0. The Hall–Kier alpha value is -4.46. The summed E-state index contributed by atoms with van der Waals surface area (Å²) in [6.45, 7) is 20.7. The summed E-state index contributed by atoms with van der Waals surface area (Å²) >= 11 is 13.8. The van der Waals surface area contributed by atoms with Gasteiger partial charge >= 0.3 is 0 Å². The molecule has 200 valence electrons. The lowest BCUT2D eigenvalue weighted by Gasteiger charge is -2.09. The monoisotopic (exact) mass is 814 g/mol. The van der Waals surface area contributed by atoms with Crippen LogP contribution in [0.25, 0.3) is 25.6 Å². The van der Waals surface area contributed by atoms with Gasteiger partial charge in [-0.1, -0.05) is 31.9 Å². The molecule has 0 unspecified atom stereocenters. The average Bonchev–Trinajstić information content (AvgIpc) is 3.48. The highest BCUT2D eigenvalue weighted by molar-refractivity contribution is 9.11. The molecule has 0 aliphatic rings. The number of rotatable bonds is 0. The van der Waals surface area contributed by atoms with Gasteiger partial charge in [-0.2, -0.15) is 24.5 Å². The quantitative estimate of drug-likeness (QED) is 0.101. The van der Waals surface area contributed by atoms with Gasteiger partial charge in [0.15, 0.2) is 0 Å². The maximum atomic E-state index is 8.96. The van der Waals surface area contributed by atoms with Gasteiger partial charge in [0.2, 0.25) is 17.1 Å². The Bertz CT molecular complexity index is 1820. The summed E-state index contributed by atoms with van der Waals surface area (Å²) < 4.78 is 9.92. The molecule has 0 aliphatic heterocycles. The topological polar surface area (TPSA) is 214 Å². The molecule has 0 spiro atoms. The van der Waals surface area contributed by atoms with Crippen LogP contribution in [0.3, 0.4) is 0 Å². The fourth-order valence-corrected chi connectivity index (χ4v) is 5.75. The maximum Gasteiger partial charge on any atom is 0.221 e. The zero-order valence-corrected chi connectivity index (χ0v) is 27.1.